The second kappa shape index (κ2) is 11.6. The third-order valence-electron chi connectivity index (χ3n) is 6.93. The molecule has 37 heavy (non-hydrogen) atoms. The highest BCUT2D eigenvalue weighted by atomic mass is 127. The highest BCUT2D eigenvalue weighted by molar-refractivity contribution is 14.1. The third-order valence-corrected chi connectivity index (χ3v) is 8.54. The average Bonchev–Trinajstić information content (AvgIpc) is 3.25. The first-order chi connectivity index (χ1) is 17.9. The molecule has 0 radical (unpaired) electrons. The molecule has 0 saturated carbocycles. The van der Waals surface area contributed by atoms with Crippen LogP contribution in [0.5, 0.6) is 11.5 Å². The Bertz CT molecular complexity index is 1290. The van der Waals surface area contributed by atoms with Crippen LogP contribution >= 0.6 is 34.4 Å². The van der Waals surface area contributed by atoms with Gasteiger partial charge in [-0.05, 0) is 64.4 Å². The number of pyridine rings is 1. The largest absolute Gasteiger partial charge is 0.493 e. The Labute approximate surface area is 236 Å². The van der Waals surface area contributed by atoms with Crippen LogP contribution in [0.2, 0.25) is 0 Å². The first-order valence-corrected chi connectivity index (χ1v) is 14.9. The van der Waals surface area contributed by atoms with E-state index in [1.807, 2.05) is 42.2 Å². The topological polar surface area (TPSA) is 54.9 Å². The number of hydrogen-bond acceptors (Lipinski definition) is 6. The number of rotatable bonds is 8. The molecule has 2 aliphatic rings. The molecule has 3 aromatic rings. The molecule has 1 amide bonds. The Morgan fingerprint density at radius 1 is 1.05 bits per heavy atom. The van der Waals surface area contributed by atoms with E-state index in [1.54, 1.807) is 12.0 Å². The van der Waals surface area contributed by atoms with Crippen LogP contribution in [0.1, 0.15) is 41.3 Å². The van der Waals surface area contributed by atoms with E-state index >= 15 is 0 Å². The second-order valence-electron chi connectivity index (χ2n) is 9.64. The van der Waals surface area contributed by atoms with Crippen molar-refractivity contribution in [3.63, 3.8) is 0 Å². The zero-order chi connectivity index (χ0) is 25.9. The lowest BCUT2D eigenvalue weighted by Crippen LogP contribution is -2.35. The fourth-order valence-electron chi connectivity index (χ4n) is 4.85. The average molecular weight is 630 g/mol. The summed E-state index contributed by atoms with van der Waals surface area (Å²) in [6.07, 6.45) is 1.85. The van der Waals surface area contributed by atoms with Crippen molar-refractivity contribution in [2.24, 2.45) is 0 Å². The number of thioether (sulfide) groups is 1. The summed E-state index contributed by atoms with van der Waals surface area (Å²) in [5.41, 5.74) is 5.58. The number of aromatic nitrogens is 1. The number of hydrogen-bond donors (Lipinski definition) is 0. The van der Waals surface area contributed by atoms with Gasteiger partial charge in [-0.1, -0.05) is 19.9 Å². The van der Waals surface area contributed by atoms with Crippen molar-refractivity contribution >= 4 is 45.9 Å². The number of amides is 1. The number of fused-ring (bicyclic) bond motifs is 1. The van der Waals surface area contributed by atoms with E-state index in [4.69, 9.17) is 14.5 Å². The monoisotopic (exact) mass is 629 g/mol. The van der Waals surface area contributed by atoms with Gasteiger partial charge in [0.15, 0.2) is 11.5 Å². The molecule has 0 spiro atoms. The zero-order valence-corrected chi connectivity index (χ0v) is 24.5. The molecule has 0 N–H and O–H groups in total. The molecule has 1 saturated heterocycles. The summed E-state index contributed by atoms with van der Waals surface area (Å²) in [6, 6.07) is 14.1. The quantitative estimate of drug-likeness (QED) is 0.282. The van der Waals surface area contributed by atoms with Crippen molar-refractivity contribution in [3.05, 3.63) is 68.9 Å². The van der Waals surface area contributed by atoms with Crippen LogP contribution in [-0.4, -0.2) is 60.6 Å². The zero-order valence-electron chi connectivity index (χ0n) is 21.5. The van der Waals surface area contributed by atoms with Gasteiger partial charge in [0.05, 0.1) is 19.3 Å². The van der Waals surface area contributed by atoms with Crippen molar-refractivity contribution in [1.82, 2.24) is 9.88 Å². The van der Waals surface area contributed by atoms with Gasteiger partial charge in [-0.25, -0.2) is 0 Å². The lowest BCUT2D eigenvalue weighted by atomic mass is 9.94. The molecule has 8 heteroatoms. The van der Waals surface area contributed by atoms with Crippen LogP contribution < -0.4 is 14.4 Å². The summed E-state index contributed by atoms with van der Waals surface area (Å²) in [6.45, 7) is 8.59. The summed E-state index contributed by atoms with van der Waals surface area (Å²) in [5.74, 6) is 4.05. The highest BCUT2D eigenvalue weighted by Crippen LogP contribution is 2.37. The Hall–Kier alpha value is -2.30. The molecule has 3 heterocycles. The van der Waals surface area contributed by atoms with E-state index < -0.39 is 0 Å². The van der Waals surface area contributed by atoms with Crippen LogP contribution in [0.15, 0.2) is 48.7 Å². The Balaban J connectivity index is 1.33. The van der Waals surface area contributed by atoms with E-state index in [0.29, 0.717) is 36.1 Å². The van der Waals surface area contributed by atoms with Crippen LogP contribution in [0.25, 0.3) is 11.3 Å². The van der Waals surface area contributed by atoms with E-state index in [1.165, 1.54) is 20.6 Å². The molecule has 0 atom stereocenters. The molecule has 2 aromatic carbocycles. The van der Waals surface area contributed by atoms with Gasteiger partial charge in [0.1, 0.15) is 6.61 Å². The van der Waals surface area contributed by atoms with Gasteiger partial charge >= 0.3 is 0 Å². The van der Waals surface area contributed by atoms with E-state index in [2.05, 4.69) is 59.5 Å². The smallest absolute Gasteiger partial charge is 0.259 e. The standard InChI is InChI=1S/C29H32IN3O3S/c1-19(2)24-14-21(30)4-6-23(24)26-16-25-20(17-31-26)18-33(29(25)34)22-5-7-27(28(15-22)35-3)36-11-8-32-9-12-37-13-10-32/h4-7,14-17,19H,8-13,18H2,1-3H3. The summed E-state index contributed by atoms with van der Waals surface area (Å²) in [5, 5.41) is 0. The number of carbonyl (C=O) groups excluding carboxylic acids is 1. The molecular weight excluding hydrogens is 597 g/mol. The SMILES string of the molecule is COc1cc(N2Cc3cnc(-c4ccc(I)cc4C(C)C)cc3C2=O)ccc1OCCN1CCSCC1. The van der Waals surface area contributed by atoms with Gasteiger partial charge < -0.3 is 14.4 Å². The maximum atomic E-state index is 13.5. The molecule has 0 unspecified atom stereocenters. The molecular formula is C29H32IN3O3S. The summed E-state index contributed by atoms with van der Waals surface area (Å²) < 4.78 is 12.9. The first kappa shape index (κ1) is 26.3. The van der Waals surface area contributed by atoms with Gasteiger partial charge in [-0.15, -0.1) is 0 Å². The van der Waals surface area contributed by atoms with Gasteiger partial charge in [0.2, 0.25) is 0 Å². The van der Waals surface area contributed by atoms with Crippen molar-refractivity contribution in [2.45, 2.75) is 26.3 Å². The maximum Gasteiger partial charge on any atom is 0.259 e. The predicted octanol–water partition coefficient (Wildman–Crippen LogP) is 6.07. The van der Waals surface area contributed by atoms with Crippen molar-refractivity contribution in [3.8, 4) is 22.8 Å². The first-order valence-electron chi connectivity index (χ1n) is 12.7. The fourth-order valence-corrected chi connectivity index (χ4v) is 6.34. The molecule has 1 aromatic heterocycles. The van der Waals surface area contributed by atoms with Gasteiger partial charge in [0, 0.05) is 69.4 Å². The number of anilines is 1. The normalized spacial score (nSPS) is 15.8. The maximum absolute atomic E-state index is 13.5. The van der Waals surface area contributed by atoms with E-state index in [-0.39, 0.29) is 5.91 Å². The van der Waals surface area contributed by atoms with E-state index in [9.17, 15) is 4.79 Å². The van der Waals surface area contributed by atoms with Crippen LogP contribution in [0.3, 0.4) is 0 Å². The molecule has 0 aliphatic carbocycles. The lowest BCUT2D eigenvalue weighted by Gasteiger charge is -2.26. The van der Waals surface area contributed by atoms with E-state index in [0.717, 1.165) is 42.1 Å². The Morgan fingerprint density at radius 3 is 2.62 bits per heavy atom. The number of nitrogens with zero attached hydrogens (tertiary/aromatic N) is 3. The minimum absolute atomic E-state index is 0.0195. The highest BCUT2D eigenvalue weighted by Gasteiger charge is 2.30. The van der Waals surface area contributed by atoms with Crippen LogP contribution in [-0.2, 0) is 6.54 Å². The summed E-state index contributed by atoms with van der Waals surface area (Å²) in [4.78, 5) is 22.5. The van der Waals surface area contributed by atoms with Gasteiger partial charge in [-0.2, -0.15) is 11.8 Å². The van der Waals surface area contributed by atoms with Gasteiger partial charge in [0.25, 0.3) is 5.91 Å². The molecule has 1 fully saturated rings. The van der Waals surface area contributed by atoms with Crippen molar-refractivity contribution in [1.29, 1.82) is 0 Å². The van der Waals surface area contributed by atoms with Crippen LogP contribution in [0, 0.1) is 3.57 Å². The Kier molecular flexibility index (Phi) is 8.26. The minimum Gasteiger partial charge on any atom is -0.493 e. The molecule has 5 rings (SSSR count). The molecule has 2 aliphatic heterocycles. The second-order valence-corrected chi connectivity index (χ2v) is 12.1. The van der Waals surface area contributed by atoms with Gasteiger partial charge in [-0.3, -0.25) is 14.7 Å². The van der Waals surface area contributed by atoms with Crippen molar-refractivity contribution < 1.29 is 14.3 Å². The fraction of sp³-hybridized carbons (Fsp3) is 0.379. The molecule has 194 valence electrons. The number of methoxy groups -OCH3 is 1. The summed E-state index contributed by atoms with van der Waals surface area (Å²) in [7, 11) is 1.64. The lowest BCUT2D eigenvalue weighted by molar-refractivity contribution is 0.0996. The predicted molar refractivity (Wildman–Crippen MR) is 159 cm³/mol. The minimum atomic E-state index is -0.0195. The van der Waals surface area contributed by atoms with Crippen LogP contribution in [0.4, 0.5) is 5.69 Å². The number of carbonyl (C=O) groups is 1. The third kappa shape index (κ3) is 5.76. The number of benzene rings is 2. The number of halogens is 1. The summed E-state index contributed by atoms with van der Waals surface area (Å²) >= 11 is 4.35. The molecule has 0 bridgehead atoms. The van der Waals surface area contributed by atoms with Crippen molar-refractivity contribution in [2.75, 3.05) is 49.8 Å². The Morgan fingerprint density at radius 2 is 1.86 bits per heavy atom. The number of ether oxygens (including phenoxy) is 2. The molecule has 6 nitrogen and oxygen atoms in total.